The number of hydrogen-bond acceptors (Lipinski definition) is 4. The predicted octanol–water partition coefficient (Wildman–Crippen LogP) is 1.63. The van der Waals surface area contributed by atoms with Gasteiger partial charge >= 0.3 is 0 Å². The van der Waals surface area contributed by atoms with E-state index in [-0.39, 0.29) is 11.7 Å². The summed E-state index contributed by atoms with van der Waals surface area (Å²) in [6, 6.07) is 1.80. The Balaban J connectivity index is 2.95. The van der Waals surface area contributed by atoms with Crippen LogP contribution in [0, 0.1) is 0 Å². The number of carbonyl (C=O) groups is 1. The van der Waals surface area contributed by atoms with E-state index in [1.54, 1.807) is 12.3 Å². The molecule has 0 aromatic carbocycles. The fourth-order valence-electron chi connectivity index (χ4n) is 1.29. The summed E-state index contributed by atoms with van der Waals surface area (Å²) in [5.41, 5.74) is 0.792. The summed E-state index contributed by atoms with van der Waals surface area (Å²) in [5.74, 6) is 0.707. The first-order valence-corrected chi connectivity index (χ1v) is 5.09. The Labute approximate surface area is 90.3 Å². The lowest BCUT2D eigenvalue weighted by Crippen LogP contribution is -2.16. The zero-order chi connectivity index (χ0) is 11.4. The zero-order valence-electron chi connectivity index (χ0n) is 9.69. The van der Waals surface area contributed by atoms with Crippen molar-refractivity contribution in [3.05, 3.63) is 18.0 Å². The Morgan fingerprint density at radius 3 is 2.73 bits per heavy atom. The number of carbonyl (C=O) groups excluding carboxylic acids is 1. The van der Waals surface area contributed by atoms with Gasteiger partial charge in [-0.05, 0) is 13.0 Å². The predicted molar refractivity (Wildman–Crippen MR) is 60.1 cm³/mol. The van der Waals surface area contributed by atoms with E-state index in [2.05, 4.69) is 9.97 Å². The second-order valence-electron chi connectivity index (χ2n) is 3.72. The molecule has 1 rings (SSSR count). The van der Waals surface area contributed by atoms with Crippen LogP contribution in [-0.2, 0) is 4.79 Å². The Morgan fingerprint density at radius 1 is 1.53 bits per heavy atom. The van der Waals surface area contributed by atoms with E-state index in [0.29, 0.717) is 12.4 Å². The molecule has 0 bridgehead atoms. The summed E-state index contributed by atoms with van der Waals surface area (Å²) < 4.78 is 0. The van der Waals surface area contributed by atoms with Crippen molar-refractivity contribution in [2.45, 2.75) is 26.2 Å². The minimum Gasteiger partial charge on any atom is -0.347 e. The van der Waals surface area contributed by atoms with Crippen LogP contribution in [0.1, 0.15) is 31.9 Å². The molecule has 0 saturated heterocycles. The van der Waals surface area contributed by atoms with E-state index >= 15 is 0 Å². The highest BCUT2D eigenvalue weighted by Gasteiger charge is 2.15. The van der Waals surface area contributed by atoms with Crippen molar-refractivity contribution in [3.8, 4) is 0 Å². The fourth-order valence-corrected chi connectivity index (χ4v) is 1.29. The highest BCUT2D eigenvalue weighted by Crippen LogP contribution is 2.16. The molecule has 1 atom stereocenters. The maximum atomic E-state index is 11.5. The van der Waals surface area contributed by atoms with Crippen molar-refractivity contribution in [2.24, 2.45) is 0 Å². The first-order chi connectivity index (χ1) is 7.06. The summed E-state index contributed by atoms with van der Waals surface area (Å²) in [6.07, 6.45) is 2.24. The Kier molecular flexibility index (Phi) is 3.77. The molecule has 1 heterocycles. The minimum absolute atomic E-state index is 0.142. The molecular weight excluding hydrogens is 190 g/mol. The number of anilines is 1. The Morgan fingerprint density at radius 2 is 2.20 bits per heavy atom. The Bertz CT molecular complexity index is 349. The molecular formula is C11H17N3O. The number of ketones is 1. The largest absolute Gasteiger partial charge is 0.347 e. The average molecular weight is 207 g/mol. The summed E-state index contributed by atoms with van der Waals surface area (Å²) >= 11 is 0. The third-order valence-electron chi connectivity index (χ3n) is 2.34. The van der Waals surface area contributed by atoms with Crippen LogP contribution < -0.4 is 4.90 Å². The zero-order valence-corrected chi connectivity index (χ0v) is 9.69. The van der Waals surface area contributed by atoms with E-state index in [1.165, 1.54) is 0 Å². The maximum Gasteiger partial charge on any atom is 0.225 e. The monoisotopic (exact) mass is 207 g/mol. The SMILES string of the molecule is CCC(=O)C(C)c1ccnc(N(C)C)n1. The molecule has 15 heavy (non-hydrogen) atoms. The number of aromatic nitrogens is 2. The van der Waals surface area contributed by atoms with Gasteiger partial charge in [-0.25, -0.2) is 9.97 Å². The lowest BCUT2D eigenvalue weighted by molar-refractivity contribution is -0.119. The van der Waals surface area contributed by atoms with Crippen LogP contribution in [0.4, 0.5) is 5.95 Å². The molecule has 0 spiro atoms. The van der Waals surface area contributed by atoms with E-state index in [4.69, 9.17) is 0 Å². The van der Waals surface area contributed by atoms with E-state index in [9.17, 15) is 4.79 Å². The Hall–Kier alpha value is -1.45. The molecule has 0 N–H and O–H groups in total. The topological polar surface area (TPSA) is 46.1 Å². The van der Waals surface area contributed by atoms with E-state index < -0.39 is 0 Å². The molecule has 0 aliphatic heterocycles. The van der Waals surface area contributed by atoms with Crippen LogP contribution >= 0.6 is 0 Å². The van der Waals surface area contributed by atoms with Crippen molar-refractivity contribution < 1.29 is 4.79 Å². The molecule has 1 aromatic heterocycles. The number of nitrogens with zero attached hydrogens (tertiary/aromatic N) is 3. The van der Waals surface area contributed by atoms with Crippen LogP contribution in [0.2, 0.25) is 0 Å². The average Bonchev–Trinajstić information content (AvgIpc) is 2.27. The van der Waals surface area contributed by atoms with Gasteiger partial charge in [0.15, 0.2) is 0 Å². The molecule has 4 nitrogen and oxygen atoms in total. The van der Waals surface area contributed by atoms with Crippen molar-refractivity contribution in [1.29, 1.82) is 0 Å². The lowest BCUT2D eigenvalue weighted by Gasteiger charge is -2.13. The molecule has 0 fully saturated rings. The van der Waals surface area contributed by atoms with E-state index in [0.717, 1.165) is 5.69 Å². The molecule has 0 aliphatic rings. The van der Waals surface area contributed by atoms with Crippen LogP contribution in [0.15, 0.2) is 12.3 Å². The van der Waals surface area contributed by atoms with E-state index in [1.807, 2.05) is 32.8 Å². The van der Waals surface area contributed by atoms with Gasteiger partial charge in [0.05, 0.1) is 11.6 Å². The van der Waals surface area contributed by atoms with Gasteiger partial charge in [-0.15, -0.1) is 0 Å². The second-order valence-corrected chi connectivity index (χ2v) is 3.72. The molecule has 1 aromatic rings. The molecule has 0 radical (unpaired) electrons. The molecule has 0 aliphatic carbocycles. The van der Waals surface area contributed by atoms with Crippen LogP contribution in [0.5, 0.6) is 0 Å². The quantitative estimate of drug-likeness (QED) is 0.752. The van der Waals surface area contributed by atoms with Gasteiger partial charge < -0.3 is 4.90 Å². The summed E-state index contributed by atoms with van der Waals surface area (Å²) in [4.78, 5) is 21.8. The normalized spacial score (nSPS) is 12.3. The van der Waals surface area contributed by atoms with Gasteiger partial charge in [-0.3, -0.25) is 4.79 Å². The standard InChI is InChI=1S/C11H17N3O/c1-5-10(15)8(2)9-6-7-12-11(13-9)14(3)4/h6-8H,5H2,1-4H3. The third kappa shape index (κ3) is 2.75. The molecule has 4 heteroatoms. The number of hydrogen-bond donors (Lipinski definition) is 0. The lowest BCUT2D eigenvalue weighted by atomic mass is 10.0. The van der Waals surface area contributed by atoms with Crippen molar-refractivity contribution in [2.75, 3.05) is 19.0 Å². The maximum absolute atomic E-state index is 11.5. The first-order valence-electron chi connectivity index (χ1n) is 5.09. The van der Waals surface area contributed by atoms with Gasteiger partial charge in [0.25, 0.3) is 0 Å². The number of rotatable bonds is 4. The van der Waals surface area contributed by atoms with Gasteiger partial charge in [0, 0.05) is 26.7 Å². The van der Waals surface area contributed by atoms with Gasteiger partial charge in [-0.2, -0.15) is 0 Å². The van der Waals surface area contributed by atoms with Crippen LogP contribution in [-0.4, -0.2) is 29.8 Å². The summed E-state index contributed by atoms with van der Waals surface area (Å²) in [5, 5.41) is 0. The van der Waals surface area contributed by atoms with Crippen LogP contribution in [0.25, 0.3) is 0 Å². The smallest absolute Gasteiger partial charge is 0.225 e. The van der Waals surface area contributed by atoms with Gasteiger partial charge in [0.2, 0.25) is 5.95 Å². The summed E-state index contributed by atoms with van der Waals surface area (Å²) in [7, 11) is 3.76. The van der Waals surface area contributed by atoms with Crippen molar-refractivity contribution >= 4 is 11.7 Å². The first kappa shape index (κ1) is 11.6. The third-order valence-corrected chi connectivity index (χ3v) is 2.34. The molecule has 1 unspecified atom stereocenters. The van der Waals surface area contributed by atoms with Crippen molar-refractivity contribution in [1.82, 2.24) is 9.97 Å². The molecule has 0 amide bonds. The highest BCUT2D eigenvalue weighted by molar-refractivity contribution is 5.84. The van der Waals surface area contributed by atoms with Gasteiger partial charge in [-0.1, -0.05) is 6.92 Å². The fraction of sp³-hybridized carbons (Fsp3) is 0.545. The minimum atomic E-state index is -0.142. The van der Waals surface area contributed by atoms with Crippen molar-refractivity contribution in [3.63, 3.8) is 0 Å². The van der Waals surface area contributed by atoms with Gasteiger partial charge in [0.1, 0.15) is 5.78 Å². The molecule has 0 saturated carbocycles. The molecule has 82 valence electrons. The van der Waals surface area contributed by atoms with Crippen LogP contribution in [0.3, 0.4) is 0 Å². The summed E-state index contributed by atoms with van der Waals surface area (Å²) in [6.45, 7) is 3.75. The second kappa shape index (κ2) is 4.87. The highest BCUT2D eigenvalue weighted by atomic mass is 16.1. The number of Topliss-reactive ketones (excluding diaryl/α,β-unsaturated/α-hetero) is 1.